The molecule has 0 aliphatic carbocycles. The van der Waals surface area contributed by atoms with E-state index in [1.54, 1.807) is 6.07 Å². The zero-order valence-electron chi connectivity index (χ0n) is 13.7. The lowest BCUT2D eigenvalue weighted by Crippen LogP contribution is -2.22. The molecular formula is C18H14F3NO3S2. The summed E-state index contributed by atoms with van der Waals surface area (Å²) in [6.45, 7) is 0.251. The fourth-order valence-corrected chi connectivity index (χ4v) is 3.95. The maximum Gasteiger partial charge on any atom is 0.573 e. The topological polar surface area (TPSA) is 58.6 Å². The van der Waals surface area contributed by atoms with Crippen LogP contribution in [0.25, 0.3) is 0 Å². The van der Waals surface area contributed by atoms with Crippen molar-refractivity contribution in [1.82, 2.24) is 5.32 Å². The molecule has 1 aromatic carbocycles. The fraction of sp³-hybridized carbons (Fsp3) is 0.167. The van der Waals surface area contributed by atoms with Crippen LogP contribution in [-0.2, 0) is 6.54 Å². The molecule has 0 spiro atoms. The van der Waals surface area contributed by atoms with Gasteiger partial charge in [-0.25, -0.2) is 0 Å². The summed E-state index contributed by atoms with van der Waals surface area (Å²) >= 11 is 2.88. The van der Waals surface area contributed by atoms with Crippen molar-refractivity contribution in [2.75, 3.05) is 0 Å². The Labute approximate surface area is 160 Å². The third-order valence-corrected chi connectivity index (χ3v) is 5.42. The predicted molar refractivity (Wildman–Crippen MR) is 97.0 cm³/mol. The molecule has 0 radical (unpaired) electrons. The Balaban J connectivity index is 1.56. The van der Waals surface area contributed by atoms with Gasteiger partial charge in [0.1, 0.15) is 11.9 Å². The summed E-state index contributed by atoms with van der Waals surface area (Å²) < 4.78 is 40.2. The van der Waals surface area contributed by atoms with E-state index in [9.17, 15) is 23.1 Å². The van der Waals surface area contributed by atoms with Gasteiger partial charge in [0, 0.05) is 15.3 Å². The van der Waals surface area contributed by atoms with E-state index in [2.05, 4.69) is 10.1 Å². The Morgan fingerprint density at radius 3 is 2.52 bits per heavy atom. The highest BCUT2D eigenvalue weighted by atomic mass is 32.1. The maximum absolute atomic E-state index is 12.1. The van der Waals surface area contributed by atoms with Gasteiger partial charge in [-0.1, -0.05) is 0 Å². The summed E-state index contributed by atoms with van der Waals surface area (Å²) in [5.41, 5.74) is 1.04. The van der Waals surface area contributed by atoms with E-state index < -0.39 is 18.4 Å². The Hall–Kier alpha value is -2.36. The molecule has 2 aromatic heterocycles. The van der Waals surface area contributed by atoms with Gasteiger partial charge in [0.05, 0.1) is 6.54 Å². The van der Waals surface area contributed by atoms with Crippen molar-refractivity contribution in [3.63, 3.8) is 0 Å². The van der Waals surface area contributed by atoms with Crippen LogP contribution in [0.1, 0.15) is 31.8 Å². The van der Waals surface area contributed by atoms with Gasteiger partial charge in [0.25, 0.3) is 5.91 Å². The van der Waals surface area contributed by atoms with Gasteiger partial charge in [0.2, 0.25) is 0 Å². The fourth-order valence-electron chi connectivity index (χ4n) is 2.31. The van der Waals surface area contributed by atoms with Crippen molar-refractivity contribution in [2.24, 2.45) is 0 Å². The number of alkyl halides is 3. The Kier molecular flexibility index (Phi) is 5.83. The lowest BCUT2D eigenvalue weighted by atomic mass is 10.2. The number of hydrogen-bond acceptors (Lipinski definition) is 5. The summed E-state index contributed by atoms with van der Waals surface area (Å²) in [5.74, 6) is -0.800. The minimum absolute atomic E-state index is 0.222. The summed E-state index contributed by atoms with van der Waals surface area (Å²) in [7, 11) is 0. The molecule has 0 unspecified atom stereocenters. The number of amides is 1. The quantitative estimate of drug-likeness (QED) is 0.615. The molecule has 0 saturated heterocycles. The van der Waals surface area contributed by atoms with Crippen molar-refractivity contribution in [2.45, 2.75) is 19.0 Å². The number of halogens is 3. The zero-order chi connectivity index (χ0) is 19.4. The van der Waals surface area contributed by atoms with Crippen LogP contribution in [0.3, 0.4) is 0 Å². The summed E-state index contributed by atoms with van der Waals surface area (Å²) in [5, 5.41) is 16.8. The molecule has 142 valence electrons. The number of benzene rings is 1. The number of nitrogens with one attached hydrogen (secondary N) is 1. The summed E-state index contributed by atoms with van der Waals surface area (Å²) in [6, 6.07) is 10.2. The van der Waals surface area contributed by atoms with Gasteiger partial charge in [-0.05, 0) is 58.8 Å². The number of aliphatic hydroxyl groups excluding tert-OH is 1. The molecule has 0 fully saturated rings. The second-order valence-electron chi connectivity index (χ2n) is 5.52. The molecule has 2 N–H and O–H groups in total. The van der Waals surface area contributed by atoms with E-state index >= 15 is 0 Å². The molecule has 4 nitrogen and oxygen atoms in total. The smallest absolute Gasteiger partial charge is 0.406 e. The first-order chi connectivity index (χ1) is 12.8. The molecule has 0 bridgehead atoms. The molecule has 0 aliphatic heterocycles. The molecule has 3 rings (SSSR count). The first-order valence-electron chi connectivity index (χ1n) is 7.74. The van der Waals surface area contributed by atoms with Crippen LogP contribution in [0, 0.1) is 0 Å². The molecule has 0 saturated carbocycles. The van der Waals surface area contributed by atoms with E-state index in [1.807, 2.05) is 22.9 Å². The van der Waals surface area contributed by atoms with Crippen molar-refractivity contribution >= 4 is 28.6 Å². The lowest BCUT2D eigenvalue weighted by Gasteiger charge is -2.09. The lowest BCUT2D eigenvalue weighted by molar-refractivity contribution is -0.274. The van der Waals surface area contributed by atoms with E-state index in [1.165, 1.54) is 34.8 Å². The number of carbonyl (C=O) groups is 1. The van der Waals surface area contributed by atoms with Gasteiger partial charge < -0.3 is 15.2 Å². The third kappa shape index (κ3) is 5.31. The average Bonchev–Trinajstić information content (AvgIpc) is 3.30. The highest BCUT2D eigenvalue weighted by Crippen LogP contribution is 2.29. The van der Waals surface area contributed by atoms with Gasteiger partial charge >= 0.3 is 6.36 Å². The van der Waals surface area contributed by atoms with Gasteiger partial charge in [-0.15, -0.1) is 24.5 Å². The largest absolute Gasteiger partial charge is 0.573 e. The van der Waals surface area contributed by atoms with Crippen LogP contribution in [-0.4, -0.2) is 17.4 Å². The van der Waals surface area contributed by atoms with Crippen molar-refractivity contribution in [3.05, 3.63) is 74.1 Å². The standard InChI is InChI=1S/C18H14F3NO3S2/c19-18(20,21)25-13-3-1-11(2-4-13)17(24)22-9-14-5-6-15(27-14)16(23)12-7-8-26-10-12/h1-8,10,16,23H,9H2,(H,22,24)/t16-/m0/s1. The SMILES string of the molecule is O=C(NCc1ccc([C@@H](O)c2ccsc2)s1)c1ccc(OC(F)(F)F)cc1. The monoisotopic (exact) mass is 413 g/mol. The number of aliphatic hydroxyl groups is 1. The van der Waals surface area contributed by atoms with Crippen LogP contribution < -0.4 is 10.1 Å². The van der Waals surface area contributed by atoms with Crippen LogP contribution in [0.2, 0.25) is 0 Å². The molecule has 9 heteroatoms. The first-order valence-corrected chi connectivity index (χ1v) is 9.50. The average molecular weight is 413 g/mol. The number of rotatable bonds is 6. The molecule has 2 heterocycles. The Morgan fingerprint density at radius 2 is 1.89 bits per heavy atom. The number of carbonyl (C=O) groups excluding carboxylic acids is 1. The normalized spacial score (nSPS) is 12.6. The maximum atomic E-state index is 12.1. The van der Waals surface area contributed by atoms with E-state index in [0.29, 0.717) is 0 Å². The van der Waals surface area contributed by atoms with Crippen molar-refractivity contribution in [3.8, 4) is 5.75 Å². The van der Waals surface area contributed by atoms with Crippen LogP contribution in [0.15, 0.2) is 53.2 Å². The highest BCUT2D eigenvalue weighted by Gasteiger charge is 2.31. The predicted octanol–water partition coefficient (Wildman–Crippen LogP) is 4.72. The van der Waals surface area contributed by atoms with Crippen molar-refractivity contribution < 1.29 is 27.8 Å². The van der Waals surface area contributed by atoms with Gasteiger partial charge in [0.15, 0.2) is 0 Å². The molecular weight excluding hydrogens is 399 g/mol. The minimum Gasteiger partial charge on any atom is -0.406 e. The van der Waals surface area contributed by atoms with Crippen LogP contribution in [0.4, 0.5) is 13.2 Å². The van der Waals surface area contributed by atoms with E-state index in [0.717, 1.165) is 27.5 Å². The highest BCUT2D eigenvalue weighted by molar-refractivity contribution is 7.12. The molecule has 3 aromatic rings. The van der Waals surface area contributed by atoms with Crippen molar-refractivity contribution in [1.29, 1.82) is 0 Å². The Bertz CT molecular complexity index is 889. The molecule has 1 atom stereocenters. The third-order valence-electron chi connectivity index (χ3n) is 3.58. The number of hydrogen-bond donors (Lipinski definition) is 2. The van der Waals surface area contributed by atoms with Gasteiger partial charge in [-0.2, -0.15) is 11.3 Å². The van der Waals surface area contributed by atoms with Gasteiger partial charge in [-0.3, -0.25) is 4.79 Å². The second-order valence-corrected chi connectivity index (χ2v) is 7.50. The zero-order valence-corrected chi connectivity index (χ0v) is 15.3. The second kappa shape index (κ2) is 8.12. The summed E-state index contributed by atoms with van der Waals surface area (Å²) in [6.07, 6.45) is -5.47. The molecule has 0 aliphatic rings. The van der Waals surface area contributed by atoms with E-state index in [4.69, 9.17) is 0 Å². The molecule has 27 heavy (non-hydrogen) atoms. The summed E-state index contributed by atoms with van der Waals surface area (Å²) in [4.78, 5) is 13.7. The minimum atomic E-state index is -4.77. The number of ether oxygens (including phenoxy) is 1. The Morgan fingerprint density at radius 1 is 1.15 bits per heavy atom. The van der Waals surface area contributed by atoms with Crippen LogP contribution in [0.5, 0.6) is 5.75 Å². The van der Waals surface area contributed by atoms with Crippen LogP contribution >= 0.6 is 22.7 Å². The molecule has 1 amide bonds. The number of thiophene rings is 2. The first kappa shape index (κ1) is 19.4. The van der Waals surface area contributed by atoms with E-state index in [-0.39, 0.29) is 17.9 Å².